The van der Waals surface area contributed by atoms with E-state index in [4.69, 9.17) is 11.6 Å². The quantitative estimate of drug-likeness (QED) is 0.606. The number of hydrogen-bond acceptors (Lipinski definition) is 1. The van der Waals surface area contributed by atoms with Gasteiger partial charge in [0.25, 0.3) is 0 Å². The predicted molar refractivity (Wildman–Crippen MR) is 76.4 cm³/mol. The zero-order chi connectivity index (χ0) is 12.3. The fourth-order valence-electron chi connectivity index (χ4n) is 2.76. The molecule has 0 amide bonds. The average Bonchev–Trinajstić information content (AvgIpc) is 2.39. The first-order valence-electron chi connectivity index (χ1n) is 5.59. The van der Waals surface area contributed by atoms with E-state index in [1.807, 2.05) is 0 Å². The van der Waals surface area contributed by atoms with Gasteiger partial charge in [-0.3, -0.25) is 0 Å². The maximum Gasteiger partial charge on any atom is 0.0731 e. The van der Waals surface area contributed by atoms with Gasteiger partial charge in [0, 0.05) is 4.88 Å². The van der Waals surface area contributed by atoms with E-state index in [9.17, 15) is 0 Å². The van der Waals surface area contributed by atoms with Crippen molar-refractivity contribution in [2.75, 3.05) is 0 Å². The third-order valence-corrected chi connectivity index (χ3v) is 7.41. The van der Waals surface area contributed by atoms with E-state index in [-0.39, 0.29) is 5.38 Å². The van der Waals surface area contributed by atoms with Gasteiger partial charge in [-0.15, -0.1) is 22.9 Å². The summed E-state index contributed by atoms with van der Waals surface area (Å²) in [6.07, 6.45) is 0. The Kier molecular flexibility index (Phi) is 3.01. The molecule has 1 heterocycles. The maximum absolute atomic E-state index is 6.65. The van der Waals surface area contributed by atoms with Crippen LogP contribution in [0.5, 0.6) is 0 Å². The normalized spacial score (nSPS) is 24.4. The van der Waals surface area contributed by atoms with Crippen LogP contribution in [0.1, 0.15) is 43.5 Å². The summed E-state index contributed by atoms with van der Waals surface area (Å²) in [5, 5.41) is 0.153. The van der Waals surface area contributed by atoms with Crippen molar-refractivity contribution in [2.45, 2.75) is 40.0 Å². The Labute approximate surface area is 116 Å². The first kappa shape index (κ1) is 12.9. The molecule has 0 aliphatic heterocycles. The van der Waals surface area contributed by atoms with Crippen molar-refractivity contribution in [3.8, 4) is 0 Å². The molecule has 90 valence electrons. The number of rotatable bonds is 2. The van der Waals surface area contributed by atoms with Crippen LogP contribution in [0.4, 0.5) is 0 Å². The molecule has 1 aromatic rings. The molecule has 0 spiro atoms. The van der Waals surface area contributed by atoms with Crippen molar-refractivity contribution >= 4 is 38.9 Å². The highest BCUT2D eigenvalue weighted by Crippen LogP contribution is 2.73. The van der Waals surface area contributed by atoms with Crippen molar-refractivity contribution in [3.05, 3.63) is 20.3 Å². The molecule has 16 heavy (non-hydrogen) atoms. The summed E-state index contributed by atoms with van der Waals surface area (Å²) in [5.74, 6) is 0.576. The van der Waals surface area contributed by atoms with Crippen LogP contribution < -0.4 is 0 Å². The first-order valence-corrected chi connectivity index (χ1v) is 7.64. The Morgan fingerprint density at radius 2 is 1.81 bits per heavy atom. The van der Waals surface area contributed by atoms with E-state index in [0.717, 1.165) is 0 Å². The third kappa shape index (κ3) is 1.69. The summed E-state index contributed by atoms with van der Waals surface area (Å²) in [5.41, 5.74) is 2.00. The molecular weight excluding hydrogens is 304 g/mol. The highest BCUT2D eigenvalue weighted by molar-refractivity contribution is 9.11. The summed E-state index contributed by atoms with van der Waals surface area (Å²) in [6.45, 7) is 11.4. The predicted octanol–water partition coefficient (Wildman–Crippen LogP) is 5.78. The lowest BCUT2D eigenvalue weighted by Crippen LogP contribution is -1.97. The van der Waals surface area contributed by atoms with Crippen LogP contribution in [-0.4, -0.2) is 0 Å². The molecule has 0 aromatic carbocycles. The Morgan fingerprint density at radius 1 is 1.31 bits per heavy atom. The number of thiophene rings is 1. The van der Waals surface area contributed by atoms with Crippen LogP contribution >= 0.6 is 38.9 Å². The second-order valence-corrected chi connectivity index (χ2v) is 8.80. The molecule has 1 aliphatic carbocycles. The van der Waals surface area contributed by atoms with Gasteiger partial charge >= 0.3 is 0 Å². The fourth-order valence-corrected chi connectivity index (χ4v) is 5.18. The number of aryl methyl sites for hydroxylation is 1. The molecular formula is C13H18BrClS. The summed E-state index contributed by atoms with van der Waals surface area (Å²) in [7, 11) is 0. The highest BCUT2D eigenvalue weighted by atomic mass is 79.9. The van der Waals surface area contributed by atoms with Crippen LogP contribution in [0.2, 0.25) is 0 Å². The maximum atomic E-state index is 6.65. The van der Waals surface area contributed by atoms with Crippen LogP contribution in [-0.2, 0) is 0 Å². The van der Waals surface area contributed by atoms with Gasteiger partial charge in [-0.05, 0) is 51.2 Å². The molecule has 1 unspecified atom stereocenters. The Morgan fingerprint density at radius 3 is 2.12 bits per heavy atom. The van der Waals surface area contributed by atoms with E-state index >= 15 is 0 Å². The standard InChI is InChI=1S/C13H18BrClS/c1-7-6-8(16-11(7)14)9(15)10-12(2,3)13(10,4)5/h6,9-10H,1-5H3. The van der Waals surface area contributed by atoms with Gasteiger partial charge in [-0.1, -0.05) is 27.7 Å². The van der Waals surface area contributed by atoms with Gasteiger partial charge in [-0.2, -0.15) is 0 Å². The smallest absolute Gasteiger partial charge is 0.0731 e. The monoisotopic (exact) mass is 320 g/mol. The van der Waals surface area contributed by atoms with Crippen molar-refractivity contribution < 1.29 is 0 Å². The minimum absolute atomic E-state index is 0.153. The van der Waals surface area contributed by atoms with E-state index in [1.165, 1.54) is 14.2 Å². The molecule has 1 fully saturated rings. The molecule has 0 nitrogen and oxygen atoms in total. The SMILES string of the molecule is Cc1cc(C(Cl)C2C(C)(C)C2(C)C)sc1Br. The first-order chi connectivity index (χ1) is 7.19. The second-order valence-electron chi connectivity index (χ2n) is 5.93. The van der Waals surface area contributed by atoms with Crippen LogP contribution in [0.25, 0.3) is 0 Å². The van der Waals surface area contributed by atoms with E-state index in [2.05, 4.69) is 56.6 Å². The Hall–Kier alpha value is 0.470. The summed E-state index contributed by atoms with van der Waals surface area (Å²) >= 11 is 12.0. The number of halogens is 2. The molecule has 0 saturated heterocycles. The third-order valence-electron chi connectivity index (χ3n) is 4.57. The lowest BCUT2D eigenvalue weighted by molar-refractivity contribution is 0.457. The van der Waals surface area contributed by atoms with Gasteiger partial charge in [0.05, 0.1) is 9.16 Å². The topological polar surface area (TPSA) is 0 Å². The average molecular weight is 322 g/mol. The zero-order valence-electron chi connectivity index (χ0n) is 10.4. The Bertz CT molecular complexity index is 386. The summed E-state index contributed by atoms with van der Waals surface area (Å²) in [4.78, 5) is 1.30. The molecule has 0 bridgehead atoms. The fraction of sp³-hybridized carbons (Fsp3) is 0.692. The molecule has 3 heteroatoms. The summed E-state index contributed by atoms with van der Waals surface area (Å²) in [6, 6.07) is 2.22. The van der Waals surface area contributed by atoms with Gasteiger partial charge in [0.15, 0.2) is 0 Å². The highest BCUT2D eigenvalue weighted by Gasteiger charge is 2.67. The zero-order valence-corrected chi connectivity index (χ0v) is 13.6. The van der Waals surface area contributed by atoms with Crippen molar-refractivity contribution in [2.24, 2.45) is 16.7 Å². The minimum Gasteiger partial charge on any atom is -0.131 e. The lowest BCUT2D eigenvalue weighted by atomic mass is 10.0. The molecule has 1 atom stereocenters. The molecule has 0 N–H and O–H groups in total. The Balaban J connectivity index is 2.25. The lowest BCUT2D eigenvalue weighted by Gasteiger charge is -2.08. The van der Waals surface area contributed by atoms with Crippen molar-refractivity contribution in [1.82, 2.24) is 0 Å². The molecule has 1 saturated carbocycles. The van der Waals surface area contributed by atoms with Crippen LogP contribution in [0.15, 0.2) is 9.85 Å². The number of hydrogen-bond donors (Lipinski definition) is 0. The second kappa shape index (κ2) is 3.73. The van der Waals surface area contributed by atoms with Gasteiger partial charge < -0.3 is 0 Å². The van der Waals surface area contributed by atoms with Gasteiger partial charge in [0.2, 0.25) is 0 Å². The molecule has 0 radical (unpaired) electrons. The van der Waals surface area contributed by atoms with Crippen molar-refractivity contribution in [3.63, 3.8) is 0 Å². The molecule has 2 rings (SSSR count). The van der Waals surface area contributed by atoms with Crippen LogP contribution in [0, 0.1) is 23.7 Å². The largest absolute Gasteiger partial charge is 0.131 e. The van der Waals surface area contributed by atoms with E-state index < -0.39 is 0 Å². The van der Waals surface area contributed by atoms with Gasteiger partial charge in [0.1, 0.15) is 0 Å². The van der Waals surface area contributed by atoms with E-state index in [0.29, 0.717) is 16.7 Å². The molecule has 1 aliphatic rings. The van der Waals surface area contributed by atoms with Crippen LogP contribution in [0.3, 0.4) is 0 Å². The number of alkyl halides is 1. The summed E-state index contributed by atoms with van der Waals surface area (Å²) < 4.78 is 1.21. The van der Waals surface area contributed by atoms with Crippen molar-refractivity contribution in [1.29, 1.82) is 0 Å². The van der Waals surface area contributed by atoms with Gasteiger partial charge in [-0.25, -0.2) is 0 Å². The molecule has 1 aromatic heterocycles. The minimum atomic E-state index is 0.153. The van der Waals surface area contributed by atoms with E-state index in [1.54, 1.807) is 11.3 Å².